The Morgan fingerprint density at radius 2 is 2.41 bits per heavy atom. The molecule has 1 aliphatic heterocycles. The zero-order valence-corrected chi connectivity index (χ0v) is 10.8. The lowest BCUT2D eigenvalue weighted by Gasteiger charge is -2.10. The van der Waals surface area contributed by atoms with Crippen LogP contribution < -0.4 is 5.32 Å². The maximum absolute atomic E-state index is 12.8. The van der Waals surface area contributed by atoms with Gasteiger partial charge >= 0.3 is 0 Å². The first-order valence-electron chi connectivity index (χ1n) is 5.51. The predicted molar refractivity (Wildman–Crippen MR) is 66.3 cm³/mol. The molecule has 0 aliphatic carbocycles. The molecule has 0 saturated carbocycles. The number of ether oxygens (including phenoxy) is 1. The normalized spacial score (nSPS) is 19.3. The van der Waals surface area contributed by atoms with E-state index in [1.165, 1.54) is 18.2 Å². The summed E-state index contributed by atoms with van der Waals surface area (Å²) in [7, 11) is 0. The Morgan fingerprint density at radius 1 is 1.59 bits per heavy atom. The highest BCUT2D eigenvalue weighted by atomic mass is 79.9. The predicted octanol–water partition coefficient (Wildman–Crippen LogP) is 3.10. The molecule has 92 valence electrons. The van der Waals surface area contributed by atoms with Crippen molar-refractivity contribution in [2.75, 3.05) is 11.9 Å². The van der Waals surface area contributed by atoms with E-state index in [1.807, 2.05) is 0 Å². The maximum Gasteiger partial charge on any atom is 0.227 e. The summed E-state index contributed by atoms with van der Waals surface area (Å²) in [4.78, 5) is 11.7. The Morgan fingerprint density at radius 3 is 3.06 bits per heavy atom. The topological polar surface area (TPSA) is 38.3 Å². The smallest absolute Gasteiger partial charge is 0.227 e. The molecule has 1 atom stereocenters. The number of hydrogen-bond acceptors (Lipinski definition) is 2. The molecule has 1 amide bonds. The summed E-state index contributed by atoms with van der Waals surface area (Å²) in [5.41, 5.74) is 0.578. The molecule has 0 aromatic heterocycles. The molecular weight excluding hydrogens is 289 g/mol. The molecule has 2 rings (SSSR count). The largest absolute Gasteiger partial charge is 0.378 e. The van der Waals surface area contributed by atoms with Gasteiger partial charge in [0.25, 0.3) is 0 Å². The molecule has 5 heteroatoms. The zero-order chi connectivity index (χ0) is 12.3. The van der Waals surface area contributed by atoms with Crippen LogP contribution in [-0.2, 0) is 9.53 Å². The summed E-state index contributed by atoms with van der Waals surface area (Å²) in [5.74, 6) is -0.446. The van der Waals surface area contributed by atoms with Crippen molar-refractivity contribution in [3.05, 3.63) is 28.5 Å². The molecule has 1 N–H and O–H groups in total. The van der Waals surface area contributed by atoms with Crippen molar-refractivity contribution in [2.45, 2.75) is 25.4 Å². The quantitative estimate of drug-likeness (QED) is 0.932. The molecule has 1 aliphatic rings. The van der Waals surface area contributed by atoms with Gasteiger partial charge in [0.1, 0.15) is 5.82 Å². The average molecular weight is 302 g/mol. The second-order valence-corrected chi connectivity index (χ2v) is 4.87. The summed E-state index contributed by atoms with van der Waals surface area (Å²) >= 11 is 3.20. The van der Waals surface area contributed by atoms with Gasteiger partial charge in [-0.1, -0.05) is 0 Å². The van der Waals surface area contributed by atoms with Gasteiger partial charge in [0.05, 0.1) is 18.2 Å². The first kappa shape index (κ1) is 12.5. The minimum absolute atomic E-state index is 0.0224. The van der Waals surface area contributed by atoms with Gasteiger partial charge in [-0.25, -0.2) is 4.39 Å². The molecule has 0 bridgehead atoms. The number of benzene rings is 1. The molecule has 0 radical (unpaired) electrons. The van der Waals surface area contributed by atoms with E-state index in [0.29, 0.717) is 16.6 Å². The van der Waals surface area contributed by atoms with Gasteiger partial charge < -0.3 is 10.1 Å². The number of carbonyl (C=O) groups excluding carboxylic acids is 1. The number of carbonyl (C=O) groups is 1. The molecule has 1 unspecified atom stereocenters. The summed E-state index contributed by atoms with van der Waals surface area (Å²) in [5, 5.41) is 2.73. The Labute approximate surface area is 107 Å². The van der Waals surface area contributed by atoms with Crippen LogP contribution in [0.3, 0.4) is 0 Å². The fraction of sp³-hybridized carbons (Fsp3) is 0.417. The summed E-state index contributed by atoms with van der Waals surface area (Å²) in [6.07, 6.45) is 2.31. The van der Waals surface area contributed by atoms with Crippen LogP contribution in [-0.4, -0.2) is 18.6 Å². The van der Waals surface area contributed by atoms with Crippen LogP contribution in [0.25, 0.3) is 0 Å². The zero-order valence-electron chi connectivity index (χ0n) is 9.21. The lowest BCUT2D eigenvalue weighted by Crippen LogP contribution is -2.19. The standard InChI is InChI=1S/C12H13BrFNO2/c13-10-6-8(14)3-4-11(10)15-12(16)7-9-2-1-5-17-9/h3-4,6,9H,1-2,5,7H2,(H,15,16). The van der Waals surface area contributed by atoms with E-state index < -0.39 is 0 Å². The van der Waals surface area contributed by atoms with Gasteiger partial charge in [0, 0.05) is 11.1 Å². The van der Waals surface area contributed by atoms with Gasteiger partial charge in [0.2, 0.25) is 5.91 Å². The average Bonchev–Trinajstić information content (AvgIpc) is 2.75. The van der Waals surface area contributed by atoms with Crippen LogP contribution in [0, 0.1) is 5.82 Å². The van der Waals surface area contributed by atoms with Crippen LogP contribution in [0.2, 0.25) is 0 Å². The van der Waals surface area contributed by atoms with Crippen molar-refractivity contribution < 1.29 is 13.9 Å². The molecule has 0 spiro atoms. The molecule has 3 nitrogen and oxygen atoms in total. The summed E-state index contributed by atoms with van der Waals surface area (Å²) in [6, 6.07) is 4.17. The highest BCUT2D eigenvalue weighted by Crippen LogP contribution is 2.24. The van der Waals surface area contributed by atoms with E-state index in [4.69, 9.17) is 4.74 Å². The second-order valence-electron chi connectivity index (χ2n) is 4.01. The number of anilines is 1. The molecule has 1 aromatic rings. The second kappa shape index (κ2) is 5.60. The third-order valence-corrected chi connectivity index (χ3v) is 3.30. The Hall–Kier alpha value is -0.940. The van der Waals surface area contributed by atoms with Crippen molar-refractivity contribution in [2.24, 2.45) is 0 Å². The van der Waals surface area contributed by atoms with Crippen molar-refractivity contribution in [3.8, 4) is 0 Å². The Kier molecular flexibility index (Phi) is 4.12. The van der Waals surface area contributed by atoms with Crippen LogP contribution in [0.4, 0.5) is 10.1 Å². The van der Waals surface area contributed by atoms with E-state index in [9.17, 15) is 9.18 Å². The molecule has 1 saturated heterocycles. The van der Waals surface area contributed by atoms with E-state index in [0.717, 1.165) is 19.4 Å². The van der Waals surface area contributed by atoms with Crippen molar-refractivity contribution in [3.63, 3.8) is 0 Å². The third-order valence-electron chi connectivity index (χ3n) is 2.64. The van der Waals surface area contributed by atoms with Gasteiger partial charge in [-0.3, -0.25) is 4.79 Å². The van der Waals surface area contributed by atoms with Gasteiger partial charge in [0.15, 0.2) is 0 Å². The van der Waals surface area contributed by atoms with Gasteiger partial charge in [-0.2, -0.15) is 0 Å². The van der Waals surface area contributed by atoms with E-state index in [2.05, 4.69) is 21.2 Å². The van der Waals surface area contributed by atoms with Crippen molar-refractivity contribution in [1.29, 1.82) is 0 Å². The molecule has 1 fully saturated rings. The van der Waals surface area contributed by atoms with Crippen molar-refractivity contribution >= 4 is 27.5 Å². The minimum atomic E-state index is -0.339. The first-order valence-corrected chi connectivity index (χ1v) is 6.31. The monoisotopic (exact) mass is 301 g/mol. The fourth-order valence-electron chi connectivity index (χ4n) is 1.80. The number of rotatable bonds is 3. The molecular formula is C12H13BrFNO2. The first-order chi connectivity index (χ1) is 8.15. The highest BCUT2D eigenvalue weighted by Gasteiger charge is 2.19. The maximum atomic E-state index is 12.8. The van der Waals surface area contributed by atoms with Crippen LogP contribution in [0.1, 0.15) is 19.3 Å². The van der Waals surface area contributed by atoms with Gasteiger partial charge in [-0.15, -0.1) is 0 Å². The van der Waals surface area contributed by atoms with Crippen molar-refractivity contribution in [1.82, 2.24) is 0 Å². The van der Waals surface area contributed by atoms with E-state index in [-0.39, 0.29) is 17.8 Å². The Bertz CT molecular complexity index is 419. The lowest BCUT2D eigenvalue weighted by molar-refractivity contribution is -0.118. The van der Waals surface area contributed by atoms with Crippen LogP contribution >= 0.6 is 15.9 Å². The Balaban J connectivity index is 1.93. The van der Waals surface area contributed by atoms with Crippen LogP contribution in [0.5, 0.6) is 0 Å². The number of halogens is 2. The number of nitrogens with one attached hydrogen (secondary N) is 1. The fourth-order valence-corrected chi connectivity index (χ4v) is 2.25. The third kappa shape index (κ3) is 3.51. The molecule has 17 heavy (non-hydrogen) atoms. The number of amides is 1. The van der Waals surface area contributed by atoms with E-state index in [1.54, 1.807) is 0 Å². The molecule has 1 aromatic carbocycles. The van der Waals surface area contributed by atoms with E-state index >= 15 is 0 Å². The highest BCUT2D eigenvalue weighted by molar-refractivity contribution is 9.10. The number of hydrogen-bond donors (Lipinski definition) is 1. The minimum Gasteiger partial charge on any atom is -0.378 e. The summed E-state index contributed by atoms with van der Waals surface area (Å²) in [6.45, 7) is 0.734. The van der Waals surface area contributed by atoms with Crippen LogP contribution in [0.15, 0.2) is 22.7 Å². The SMILES string of the molecule is O=C(CC1CCCO1)Nc1ccc(F)cc1Br. The lowest BCUT2D eigenvalue weighted by atomic mass is 10.2. The summed E-state index contributed by atoms with van der Waals surface area (Å²) < 4.78 is 18.8. The molecule has 1 heterocycles. The van der Waals surface area contributed by atoms with Gasteiger partial charge in [-0.05, 0) is 47.0 Å².